The summed E-state index contributed by atoms with van der Waals surface area (Å²) < 4.78 is 6.64. The molecule has 19 heavy (non-hydrogen) atoms. The number of benzene rings is 1. The molecule has 0 saturated heterocycles. The van der Waals surface area contributed by atoms with Crippen LogP contribution in [0.2, 0.25) is 5.02 Å². The molecule has 0 amide bonds. The number of hydrogen-bond acceptors (Lipinski definition) is 3. The summed E-state index contributed by atoms with van der Waals surface area (Å²) in [5.74, 6) is 0.685. The monoisotopic (exact) mass is 389 g/mol. The molecule has 1 unspecified atom stereocenters. The third kappa shape index (κ3) is 3.00. The molecule has 0 radical (unpaired) electrons. The van der Waals surface area contributed by atoms with Gasteiger partial charge in [-0.2, -0.15) is 0 Å². The molecular formula is C14H13ClINO2. The third-order valence-electron chi connectivity index (χ3n) is 2.85. The Balaban J connectivity index is 2.51. The number of carbonyl (C=O) groups is 1. The Bertz CT molecular complexity index is 630. The van der Waals surface area contributed by atoms with E-state index in [4.69, 9.17) is 16.3 Å². The fourth-order valence-electron chi connectivity index (χ4n) is 1.79. The second-order valence-corrected chi connectivity index (χ2v) is 5.72. The number of Topliss-reactive ketones (excluding diaryl/α,β-unsaturated/α-hetero) is 1. The van der Waals surface area contributed by atoms with Crippen molar-refractivity contribution in [2.45, 2.75) is 26.4 Å². The lowest BCUT2D eigenvalue weighted by atomic mass is 10.2. The van der Waals surface area contributed by atoms with Crippen molar-refractivity contribution in [3.8, 4) is 5.75 Å². The van der Waals surface area contributed by atoms with Gasteiger partial charge < -0.3 is 4.74 Å². The topological polar surface area (TPSA) is 39.2 Å². The van der Waals surface area contributed by atoms with Crippen molar-refractivity contribution in [2.24, 2.45) is 0 Å². The molecule has 0 aliphatic rings. The minimum absolute atomic E-state index is 0.0647. The van der Waals surface area contributed by atoms with Crippen LogP contribution in [-0.2, 0) is 4.79 Å². The third-order valence-corrected chi connectivity index (χ3v) is 3.96. The van der Waals surface area contributed by atoms with Crippen LogP contribution in [0.5, 0.6) is 5.75 Å². The van der Waals surface area contributed by atoms with Gasteiger partial charge in [-0.25, -0.2) is 0 Å². The molecule has 0 aliphatic carbocycles. The fourth-order valence-corrected chi connectivity index (χ4v) is 2.93. The van der Waals surface area contributed by atoms with Gasteiger partial charge >= 0.3 is 0 Å². The van der Waals surface area contributed by atoms with E-state index in [0.29, 0.717) is 22.7 Å². The van der Waals surface area contributed by atoms with Crippen molar-refractivity contribution in [1.82, 2.24) is 4.98 Å². The predicted molar refractivity (Wildman–Crippen MR) is 84.9 cm³/mol. The zero-order valence-electron chi connectivity index (χ0n) is 10.6. The van der Waals surface area contributed by atoms with E-state index >= 15 is 0 Å². The molecule has 100 valence electrons. The lowest BCUT2D eigenvalue weighted by Gasteiger charge is -2.16. The Hall–Kier alpha value is -0.880. The molecule has 0 fully saturated rings. The van der Waals surface area contributed by atoms with Crippen LogP contribution in [0.4, 0.5) is 0 Å². The highest BCUT2D eigenvalue weighted by molar-refractivity contribution is 14.1. The van der Waals surface area contributed by atoms with Gasteiger partial charge in [0.15, 0.2) is 17.6 Å². The maximum Gasteiger partial charge on any atom is 0.172 e. The molecule has 1 aromatic heterocycles. The van der Waals surface area contributed by atoms with Crippen LogP contribution in [0.1, 0.15) is 20.3 Å². The first-order chi connectivity index (χ1) is 9.04. The number of ether oxygens (including phenoxy) is 1. The Morgan fingerprint density at radius 2 is 2.32 bits per heavy atom. The van der Waals surface area contributed by atoms with Crippen molar-refractivity contribution in [1.29, 1.82) is 0 Å². The van der Waals surface area contributed by atoms with E-state index in [9.17, 15) is 4.79 Å². The average molecular weight is 390 g/mol. The molecule has 0 bridgehead atoms. The van der Waals surface area contributed by atoms with E-state index in [2.05, 4.69) is 27.6 Å². The van der Waals surface area contributed by atoms with Crippen LogP contribution in [0.3, 0.4) is 0 Å². The highest BCUT2D eigenvalue weighted by Crippen LogP contribution is 2.35. The summed E-state index contributed by atoms with van der Waals surface area (Å²) in [7, 11) is 0. The first kappa shape index (κ1) is 14.5. The molecule has 1 heterocycles. The van der Waals surface area contributed by atoms with E-state index < -0.39 is 6.10 Å². The largest absolute Gasteiger partial charge is 0.480 e. The minimum Gasteiger partial charge on any atom is -0.480 e. The zero-order chi connectivity index (χ0) is 14.0. The van der Waals surface area contributed by atoms with Gasteiger partial charge in [-0.05, 0) is 47.7 Å². The molecule has 1 atom stereocenters. The molecule has 0 saturated carbocycles. The molecule has 2 aromatic rings. The van der Waals surface area contributed by atoms with Crippen molar-refractivity contribution in [2.75, 3.05) is 0 Å². The smallest absolute Gasteiger partial charge is 0.172 e. The number of halogens is 2. The normalized spacial score (nSPS) is 12.4. The van der Waals surface area contributed by atoms with Crippen LogP contribution in [0, 0.1) is 3.57 Å². The molecule has 3 nitrogen and oxygen atoms in total. The van der Waals surface area contributed by atoms with E-state index in [0.717, 1.165) is 8.96 Å². The van der Waals surface area contributed by atoms with Crippen molar-refractivity contribution >= 4 is 50.9 Å². The first-order valence-electron chi connectivity index (χ1n) is 5.96. The highest BCUT2D eigenvalue weighted by atomic mass is 127. The summed E-state index contributed by atoms with van der Waals surface area (Å²) in [5.41, 5.74) is 0.690. The van der Waals surface area contributed by atoms with E-state index in [1.54, 1.807) is 13.1 Å². The lowest BCUT2D eigenvalue weighted by molar-refractivity contribution is -0.124. The van der Waals surface area contributed by atoms with Crippen LogP contribution < -0.4 is 4.74 Å². The zero-order valence-corrected chi connectivity index (χ0v) is 13.5. The number of fused-ring (bicyclic) bond motifs is 1. The number of carbonyl (C=O) groups excluding carboxylic acids is 1. The summed E-state index contributed by atoms with van der Waals surface area (Å²) >= 11 is 8.34. The second-order valence-electron chi connectivity index (χ2n) is 4.15. The van der Waals surface area contributed by atoms with Crippen LogP contribution >= 0.6 is 34.2 Å². The first-order valence-corrected chi connectivity index (χ1v) is 7.42. The predicted octanol–water partition coefficient (Wildman–Crippen LogP) is 4.24. The Labute approximate surface area is 130 Å². The standard InChI is InChI=1S/C14H13ClINO2/c1-3-12(18)8(2)19-14-11(16)7-10(15)9-5-4-6-17-13(9)14/h4-8H,3H2,1-2H3. The van der Waals surface area contributed by atoms with Gasteiger partial charge in [0.2, 0.25) is 0 Å². The maximum atomic E-state index is 11.7. The number of rotatable bonds is 4. The fraction of sp³-hybridized carbons (Fsp3) is 0.286. The van der Waals surface area contributed by atoms with Gasteiger partial charge in [0, 0.05) is 18.0 Å². The minimum atomic E-state index is -0.482. The molecule has 2 rings (SSSR count). The lowest BCUT2D eigenvalue weighted by Crippen LogP contribution is -2.23. The van der Waals surface area contributed by atoms with Crippen molar-refractivity contribution < 1.29 is 9.53 Å². The van der Waals surface area contributed by atoms with Gasteiger partial charge in [0.25, 0.3) is 0 Å². The number of pyridine rings is 1. The van der Waals surface area contributed by atoms with Crippen LogP contribution in [-0.4, -0.2) is 16.9 Å². The average Bonchev–Trinajstić information content (AvgIpc) is 2.42. The number of nitrogens with zero attached hydrogens (tertiary/aromatic N) is 1. The molecule has 0 spiro atoms. The number of aromatic nitrogens is 1. The SMILES string of the molecule is CCC(=O)C(C)Oc1c(I)cc(Cl)c2cccnc12. The van der Waals surface area contributed by atoms with Gasteiger partial charge in [0.1, 0.15) is 5.52 Å². The van der Waals surface area contributed by atoms with Crippen molar-refractivity contribution in [3.63, 3.8) is 0 Å². The summed E-state index contributed by atoms with van der Waals surface area (Å²) in [6.07, 6.45) is 1.66. The Morgan fingerprint density at radius 3 is 3.00 bits per heavy atom. The molecular weight excluding hydrogens is 377 g/mol. The summed E-state index contributed by atoms with van der Waals surface area (Å²) in [5, 5.41) is 1.46. The summed E-state index contributed by atoms with van der Waals surface area (Å²) in [6, 6.07) is 5.54. The molecule has 1 aromatic carbocycles. The van der Waals surface area contributed by atoms with Gasteiger partial charge in [-0.1, -0.05) is 18.5 Å². The summed E-state index contributed by atoms with van der Waals surface area (Å²) in [4.78, 5) is 16.0. The maximum absolute atomic E-state index is 11.7. The van der Waals surface area contributed by atoms with E-state index in [1.165, 1.54) is 0 Å². The quantitative estimate of drug-likeness (QED) is 0.734. The van der Waals surface area contributed by atoms with Crippen LogP contribution in [0.15, 0.2) is 24.4 Å². The molecule has 0 aliphatic heterocycles. The van der Waals surface area contributed by atoms with E-state index in [-0.39, 0.29) is 5.78 Å². The second kappa shape index (κ2) is 6.05. The molecule has 0 N–H and O–H groups in total. The van der Waals surface area contributed by atoms with Crippen molar-refractivity contribution in [3.05, 3.63) is 33.0 Å². The van der Waals surface area contributed by atoms with E-state index in [1.807, 2.05) is 25.1 Å². The van der Waals surface area contributed by atoms with Gasteiger partial charge in [0.05, 0.1) is 8.59 Å². The van der Waals surface area contributed by atoms with Crippen LogP contribution in [0.25, 0.3) is 10.9 Å². The molecule has 5 heteroatoms. The Morgan fingerprint density at radius 1 is 1.58 bits per heavy atom. The van der Waals surface area contributed by atoms with Gasteiger partial charge in [-0.15, -0.1) is 0 Å². The number of hydrogen-bond donors (Lipinski definition) is 0. The number of ketones is 1. The summed E-state index contributed by atoms with van der Waals surface area (Å²) in [6.45, 7) is 3.58. The highest BCUT2D eigenvalue weighted by Gasteiger charge is 2.18. The Kier molecular flexibility index (Phi) is 4.62. The van der Waals surface area contributed by atoms with Gasteiger partial charge in [-0.3, -0.25) is 9.78 Å².